The zero-order valence-electron chi connectivity index (χ0n) is 11.4. The lowest BCUT2D eigenvalue weighted by molar-refractivity contribution is 0.0782. The number of nitrogens with zero attached hydrogens (tertiary/aromatic N) is 2. The van der Waals surface area contributed by atoms with Gasteiger partial charge in [-0.1, -0.05) is 28.1 Å². The Morgan fingerprint density at radius 3 is 2.76 bits per heavy atom. The van der Waals surface area contributed by atoms with Gasteiger partial charge >= 0.3 is 0 Å². The molecule has 0 fully saturated rings. The van der Waals surface area contributed by atoms with E-state index in [2.05, 4.69) is 22.0 Å². The van der Waals surface area contributed by atoms with Gasteiger partial charge in [-0.05, 0) is 35.9 Å². The number of rotatable bonds is 3. The van der Waals surface area contributed by atoms with Crippen LogP contribution < -0.4 is 0 Å². The average Bonchev–Trinajstić information content (AvgIpc) is 2.46. The minimum atomic E-state index is -0.276. The van der Waals surface area contributed by atoms with E-state index in [1.54, 1.807) is 37.4 Å². The fraction of sp³-hybridized carbons (Fsp3) is 0.125. The first-order valence-electron chi connectivity index (χ1n) is 6.24. The summed E-state index contributed by atoms with van der Waals surface area (Å²) in [5.41, 5.74) is 1.67. The van der Waals surface area contributed by atoms with Crippen molar-refractivity contribution in [2.24, 2.45) is 0 Å². The lowest BCUT2D eigenvalue weighted by Crippen LogP contribution is -2.26. The molecule has 4 nitrogen and oxygen atoms in total. The van der Waals surface area contributed by atoms with Crippen LogP contribution in [0, 0.1) is 11.3 Å². The maximum atomic E-state index is 12.3. The Morgan fingerprint density at radius 2 is 2.10 bits per heavy atom. The third-order valence-corrected chi connectivity index (χ3v) is 3.51. The first-order chi connectivity index (χ1) is 10.0. The zero-order valence-corrected chi connectivity index (χ0v) is 13.0. The van der Waals surface area contributed by atoms with Crippen molar-refractivity contribution in [1.82, 2.24) is 4.90 Å². The molecule has 0 spiro atoms. The summed E-state index contributed by atoms with van der Waals surface area (Å²) in [5.74, 6) is -0.339. The maximum absolute atomic E-state index is 12.3. The minimum absolute atomic E-state index is 0.0630. The van der Waals surface area contributed by atoms with E-state index in [-0.39, 0.29) is 17.2 Å². The molecule has 0 aliphatic carbocycles. The van der Waals surface area contributed by atoms with Crippen molar-refractivity contribution < 1.29 is 9.90 Å². The second kappa shape index (κ2) is 6.42. The van der Waals surface area contributed by atoms with Gasteiger partial charge in [-0.2, -0.15) is 5.26 Å². The number of hydrogen-bond acceptors (Lipinski definition) is 3. The van der Waals surface area contributed by atoms with Gasteiger partial charge in [0, 0.05) is 18.1 Å². The molecule has 0 unspecified atom stereocenters. The van der Waals surface area contributed by atoms with E-state index in [9.17, 15) is 9.90 Å². The van der Waals surface area contributed by atoms with Crippen LogP contribution in [0.25, 0.3) is 0 Å². The minimum Gasteiger partial charge on any atom is -0.507 e. The Labute approximate surface area is 131 Å². The van der Waals surface area contributed by atoms with Gasteiger partial charge in [0.25, 0.3) is 5.91 Å². The van der Waals surface area contributed by atoms with Gasteiger partial charge in [0.2, 0.25) is 0 Å². The zero-order chi connectivity index (χ0) is 15.4. The number of phenols is 1. The van der Waals surface area contributed by atoms with Crippen molar-refractivity contribution in [1.29, 1.82) is 5.26 Å². The molecular weight excluding hydrogens is 332 g/mol. The standard InChI is InChI=1S/C16H13BrN2O2/c1-19(10-12-4-2-3-11(7-12)9-18)16(21)14-6-5-13(17)8-15(14)20/h2-8,20H,10H2,1H3. The van der Waals surface area contributed by atoms with Gasteiger partial charge in [-0.25, -0.2) is 0 Å². The number of carbonyl (C=O) groups is 1. The predicted molar refractivity (Wildman–Crippen MR) is 82.8 cm³/mol. The highest BCUT2D eigenvalue weighted by Gasteiger charge is 2.16. The quantitative estimate of drug-likeness (QED) is 0.928. The molecule has 0 bridgehead atoms. The number of nitriles is 1. The lowest BCUT2D eigenvalue weighted by Gasteiger charge is -2.18. The van der Waals surface area contributed by atoms with Gasteiger partial charge in [0.05, 0.1) is 17.2 Å². The van der Waals surface area contributed by atoms with Gasteiger partial charge in [-0.15, -0.1) is 0 Å². The summed E-state index contributed by atoms with van der Waals surface area (Å²) < 4.78 is 0.709. The first-order valence-corrected chi connectivity index (χ1v) is 7.03. The Balaban J connectivity index is 2.17. The topological polar surface area (TPSA) is 64.3 Å². The lowest BCUT2D eigenvalue weighted by atomic mass is 10.1. The number of aromatic hydroxyl groups is 1. The molecule has 0 atom stereocenters. The molecule has 2 aromatic carbocycles. The van der Waals surface area contributed by atoms with Gasteiger partial charge in [-0.3, -0.25) is 4.79 Å². The molecule has 2 aromatic rings. The second-order valence-corrected chi connectivity index (χ2v) is 5.55. The van der Waals surface area contributed by atoms with Crippen LogP contribution in [-0.2, 0) is 6.54 Å². The molecule has 0 saturated carbocycles. The smallest absolute Gasteiger partial charge is 0.257 e. The summed E-state index contributed by atoms with van der Waals surface area (Å²) in [6, 6.07) is 13.9. The highest BCUT2D eigenvalue weighted by molar-refractivity contribution is 9.10. The number of phenolic OH excluding ortho intramolecular Hbond substituents is 1. The highest BCUT2D eigenvalue weighted by atomic mass is 79.9. The van der Waals surface area contributed by atoms with Crippen molar-refractivity contribution in [3.8, 4) is 11.8 Å². The number of amides is 1. The molecule has 1 amide bonds. The normalized spacial score (nSPS) is 9.95. The molecule has 21 heavy (non-hydrogen) atoms. The molecule has 0 aliphatic heterocycles. The summed E-state index contributed by atoms with van der Waals surface area (Å²) >= 11 is 3.24. The van der Waals surface area contributed by atoms with Crippen molar-refractivity contribution >= 4 is 21.8 Å². The summed E-state index contributed by atoms with van der Waals surface area (Å²) in [7, 11) is 1.66. The van der Waals surface area contributed by atoms with E-state index >= 15 is 0 Å². The van der Waals surface area contributed by atoms with Crippen molar-refractivity contribution in [2.45, 2.75) is 6.54 Å². The Morgan fingerprint density at radius 1 is 1.33 bits per heavy atom. The third kappa shape index (κ3) is 3.61. The van der Waals surface area contributed by atoms with Crippen LogP contribution in [0.15, 0.2) is 46.9 Å². The van der Waals surface area contributed by atoms with E-state index in [1.165, 1.54) is 11.0 Å². The van der Waals surface area contributed by atoms with Gasteiger partial charge in [0.1, 0.15) is 5.75 Å². The van der Waals surface area contributed by atoms with E-state index in [0.717, 1.165) is 5.56 Å². The molecule has 0 heterocycles. The molecule has 0 aromatic heterocycles. The SMILES string of the molecule is CN(Cc1cccc(C#N)c1)C(=O)c1ccc(Br)cc1O. The van der Waals surface area contributed by atoms with Crippen LogP contribution in [0.5, 0.6) is 5.75 Å². The number of halogens is 1. The summed E-state index contributed by atoms with van der Waals surface area (Å²) in [5, 5.41) is 18.7. The van der Waals surface area contributed by atoms with Gasteiger partial charge in [0.15, 0.2) is 0 Å². The van der Waals surface area contributed by atoms with Crippen LogP contribution in [0.1, 0.15) is 21.5 Å². The van der Waals surface area contributed by atoms with Gasteiger partial charge < -0.3 is 10.0 Å². The van der Waals surface area contributed by atoms with Crippen LogP contribution in [0.2, 0.25) is 0 Å². The van der Waals surface area contributed by atoms with Crippen molar-refractivity contribution in [3.05, 3.63) is 63.6 Å². The predicted octanol–water partition coefficient (Wildman–Crippen LogP) is 3.30. The molecule has 2 rings (SSSR count). The van der Waals surface area contributed by atoms with Crippen LogP contribution in [0.3, 0.4) is 0 Å². The molecule has 0 aliphatic rings. The van der Waals surface area contributed by atoms with E-state index in [0.29, 0.717) is 16.6 Å². The maximum Gasteiger partial charge on any atom is 0.257 e. The van der Waals surface area contributed by atoms with E-state index < -0.39 is 0 Å². The third-order valence-electron chi connectivity index (χ3n) is 3.01. The van der Waals surface area contributed by atoms with Crippen LogP contribution >= 0.6 is 15.9 Å². The summed E-state index contributed by atoms with van der Waals surface area (Å²) in [6.07, 6.45) is 0. The van der Waals surface area contributed by atoms with Crippen molar-refractivity contribution in [3.63, 3.8) is 0 Å². The summed E-state index contributed by atoms with van der Waals surface area (Å²) in [4.78, 5) is 13.8. The molecule has 0 saturated heterocycles. The molecule has 0 radical (unpaired) electrons. The second-order valence-electron chi connectivity index (χ2n) is 4.63. The van der Waals surface area contributed by atoms with E-state index in [4.69, 9.17) is 5.26 Å². The number of hydrogen-bond donors (Lipinski definition) is 1. The van der Waals surface area contributed by atoms with Crippen molar-refractivity contribution in [2.75, 3.05) is 7.05 Å². The monoisotopic (exact) mass is 344 g/mol. The first kappa shape index (κ1) is 15.1. The fourth-order valence-corrected chi connectivity index (χ4v) is 2.33. The highest BCUT2D eigenvalue weighted by Crippen LogP contribution is 2.23. The molecule has 106 valence electrons. The summed E-state index contributed by atoms with van der Waals surface area (Å²) in [6.45, 7) is 0.365. The van der Waals surface area contributed by atoms with Crippen LogP contribution in [-0.4, -0.2) is 23.0 Å². The van der Waals surface area contributed by atoms with E-state index in [1.807, 2.05) is 6.07 Å². The Hall–Kier alpha value is -2.32. The van der Waals surface area contributed by atoms with Crippen LogP contribution in [0.4, 0.5) is 0 Å². The Bertz CT molecular complexity index is 722. The largest absolute Gasteiger partial charge is 0.507 e. The molecular formula is C16H13BrN2O2. The Kier molecular flexibility index (Phi) is 4.61. The number of carbonyl (C=O) groups excluding carboxylic acids is 1. The average molecular weight is 345 g/mol. The number of benzene rings is 2. The fourth-order valence-electron chi connectivity index (χ4n) is 1.98. The molecule has 1 N–H and O–H groups in total. The molecule has 5 heteroatoms.